The Hall–Kier alpha value is -4.94. The van der Waals surface area contributed by atoms with Gasteiger partial charge in [-0.25, -0.2) is 9.97 Å². The van der Waals surface area contributed by atoms with Gasteiger partial charge in [-0.05, 0) is 66.7 Å². The molecule has 0 aliphatic carbocycles. The molecule has 0 aliphatic heterocycles. The standard InChI is InChI=1S/C37H22Cl3N5/c38-29-19-23(32-7-1-4-16-41-32)10-13-26(29)35-22-36(27-14-11-24(20-30(27)39)33-8-2-5-17-42-33)45-37(44-35)28-15-12-25(21-31(28)40)34-9-3-6-18-43-34/h1-22H. The molecule has 0 bridgehead atoms. The Balaban J connectivity index is 1.36. The van der Waals surface area contributed by atoms with Crippen LogP contribution in [-0.2, 0) is 0 Å². The highest BCUT2D eigenvalue weighted by atomic mass is 35.5. The van der Waals surface area contributed by atoms with E-state index >= 15 is 0 Å². The van der Waals surface area contributed by atoms with Gasteiger partial charge in [0.1, 0.15) is 0 Å². The largest absolute Gasteiger partial charge is 0.256 e. The van der Waals surface area contributed by atoms with Crippen molar-refractivity contribution in [2.75, 3.05) is 0 Å². The van der Waals surface area contributed by atoms with Crippen molar-refractivity contribution < 1.29 is 0 Å². The molecular formula is C37H22Cl3N5. The van der Waals surface area contributed by atoms with Crippen LogP contribution in [-0.4, -0.2) is 24.9 Å². The van der Waals surface area contributed by atoms with Gasteiger partial charge < -0.3 is 0 Å². The van der Waals surface area contributed by atoms with Crippen LogP contribution in [0.2, 0.25) is 15.1 Å². The average molecular weight is 643 g/mol. The number of benzene rings is 3. The van der Waals surface area contributed by atoms with Crippen LogP contribution in [0.4, 0.5) is 0 Å². The molecule has 5 nitrogen and oxygen atoms in total. The van der Waals surface area contributed by atoms with Crippen LogP contribution in [0.5, 0.6) is 0 Å². The lowest BCUT2D eigenvalue weighted by Gasteiger charge is -2.13. The van der Waals surface area contributed by atoms with Gasteiger partial charge in [0.15, 0.2) is 5.82 Å². The maximum atomic E-state index is 6.90. The predicted octanol–water partition coefficient (Wildman–Crippen LogP) is 10.6. The Kier molecular flexibility index (Phi) is 8.05. The van der Waals surface area contributed by atoms with Crippen molar-refractivity contribution in [3.05, 3.63) is 149 Å². The molecule has 0 saturated carbocycles. The number of pyridine rings is 3. The van der Waals surface area contributed by atoms with Gasteiger partial charge in [0, 0.05) is 52.0 Å². The van der Waals surface area contributed by atoms with Gasteiger partial charge in [0.2, 0.25) is 0 Å². The summed E-state index contributed by atoms with van der Waals surface area (Å²) in [5.74, 6) is 0.440. The summed E-state index contributed by atoms with van der Waals surface area (Å²) in [5.41, 5.74) is 8.58. The van der Waals surface area contributed by atoms with E-state index in [1.807, 2.05) is 115 Å². The monoisotopic (exact) mass is 641 g/mol. The Morgan fingerprint density at radius 3 is 1.07 bits per heavy atom. The first kappa shape index (κ1) is 28.8. The van der Waals surface area contributed by atoms with Crippen molar-refractivity contribution in [2.24, 2.45) is 0 Å². The van der Waals surface area contributed by atoms with Gasteiger partial charge in [-0.3, -0.25) is 15.0 Å². The zero-order valence-corrected chi connectivity index (χ0v) is 25.8. The minimum atomic E-state index is 0.440. The van der Waals surface area contributed by atoms with Gasteiger partial charge >= 0.3 is 0 Å². The SMILES string of the molecule is Clc1cc(-c2ccccn2)ccc1-c1cc(-c2ccc(-c3ccccn3)cc2Cl)nc(-c2ccc(-c3ccccn3)cc2Cl)n1. The molecule has 4 aromatic heterocycles. The normalized spacial score (nSPS) is 11.0. The van der Waals surface area contributed by atoms with Gasteiger partial charge in [-0.1, -0.05) is 83.3 Å². The first-order valence-electron chi connectivity index (χ1n) is 14.1. The quantitative estimate of drug-likeness (QED) is 0.181. The second-order valence-corrected chi connectivity index (χ2v) is 11.4. The third-order valence-electron chi connectivity index (χ3n) is 7.31. The molecule has 7 rings (SSSR count). The van der Waals surface area contributed by atoms with E-state index in [0.717, 1.165) is 44.9 Å². The van der Waals surface area contributed by atoms with Crippen molar-refractivity contribution in [3.8, 4) is 67.7 Å². The van der Waals surface area contributed by atoms with Crippen molar-refractivity contribution in [3.63, 3.8) is 0 Å². The smallest absolute Gasteiger partial charge is 0.161 e. The molecule has 0 unspecified atom stereocenters. The van der Waals surface area contributed by atoms with Gasteiger partial charge in [0.25, 0.3) is 0 Å². The Labute approximate surface area is 275 Å². The molecule has 8 heteroatoms. The van der Waals surface area contributed by atoms with Crippen LogP contribution in [0.1, 0.15) is 0 Å². The van der Waals surface area contributed by atoms with E-state index in [9.17, 15) is 0 Å². The number of halogens is 3. The summed E-state index contributed by atoms with van der Waals surface area (Å²) in [6.07, 6.45) is 5.26. The van der Waals surface area contributed by atoms with Crippen molar-refractivity contribution >= 4 is 34.8 Å². The molecule has 4 heterocycles. The molecule has 0 aliphatic rings. The van der Waals surface area contributed by atoms with E-state index in [0.29, 0.717) is 37.8 Å². The summed E-state index contributed by atoms with van der Waals surface area (Å²) in [4.78, 5) is 23.3. The maximum Gasteiger partial charge on any atom is 0.161 e. The Morgan fingerprint density at radius 2 is 0.733 bits per heavy atom. The second kappa shape index (κ2) is 12.6. The van der Waals surface area contributed by atoms with Crippen LogP contribution in [0.3, 0.4) is 0 Å². The molecule has 216 valence electrons. The maximum absolute atomic E-state index is 6.90. The van der Waals surface area contributed by atoms with E-state index in [4.69, 9.17) is 44.8 Å². The predicted molar refractivity (Wildman–Crippen MR) is 183 cm³/mol. The summed E-state index contributed by atoms with van der Waals surface area (Å²) in [5, 5.41) is 1.55. The van der Waals surface area contributed by atoms with Crippen LogP contribution >= 0.6 is 34.8 Å². The highest BCUT2D eigenvalue weighted by Gasteiger charge is 2.18. The van der Waals surface area contributed by atoms with Gasteiger partial charge in [-0.15, -0.1) is 0 Å². The van der Waals surface area contributed by atoms with Crippen LogP contribution in [0.25, 0.3) is 67.7 Å². The minimum Gasteiger partial charge on any atom is -0.256 e. The first-order chi connectivity index (χ1) is 22.0. The number of nitrogens with zero attached hydrogens (tertiary/aromatic N) is 5. The number of rotatable bonds is 6. The molecule has 0 fully saturated rings. The zero-order valence-electron chi connectivity index (χ0n) is 23.6. The highest BCUT2D eigenvalue weighted by Crippen LogP contribution is 2.38. The Morgan fingerprint density at radius 1 is 0.356 bits per heavy atom. The van der Waals surface area contributed by atoms with E-state index in [2.05, 4.69) is 15.0 Å². The van der Waals surface area contributed by atoms with Crippen LogP contribution in [0.15, 0.2) is 134 Å². The topological polar surface area (TPSA) is 64.5 Å². The lowest BCUT2D eigenvalue weighted by atomic mass is 10.0. The van der Waals surface area contributed by atoms with E-state index < -0.39 is 0 Å². The molecule has 0 radical (unpaired) electrons. The van der Waals surface area contributed by atoms with Crippen LogP contribution < -0.4 is 0 Å². The molecule has 0 amide bonds. The summed E-state index contributed by atoms with van der Waals surface area (Å²) >= 11 is 20.7. The lowest BCUT2D eigenvalue weighted by Crippen LogP contribution is -1.98. The summed E-state index contributed by atoms with van der Waals surface area (Å²) in [6, 6.07) is 36.6. The molecule has 0 atom stereocenters. The zero-order chi connectivity index (χ0) is 30.8. The van der Waals surface area contributed by atoms with Crippen molar-refractivity contribution in [2.45, 2.75) is 0 Å². The van der Waals surface area contributed by atoms with E-state index in [-0.39, 0.29) is 0 Å². The average Bonchev–Trinajstić information content (AvgIpc) is 3.09. The minimum absolute atomic E-state index is 0.440. The number of hydrogen-bond acceptors (Lipinski definition) is 5. The summed E-state index contributed by atoms with van der Waals surface area (Å²) in [7, 11) is 0. The number of hydrogen-bond donors (Lipinski definition) is 0. The van der Waals surface area contributed by atoms with Crippen molar-refractivity contribution in [1.29, 1.82) is 0 Å². The lowest BCUT2D eigenvalue weighted by molar-refractivity contribution is 1.18. The van der Waals surface area contributed by atoms with Gasteiger partial charge in [0.05, 0.1) is 43.5 Å². The Bertz CT molecular complexity index is 1880. The molecule has 0 spiro atoms. The molecule has 7 aromatic rings. The van der Waals surface area contributed by atoms with Crippen molar-refractivity contribution in [1.82, 2.24) is 24.9 Å². The molecule has 0 saturated heterocycles. The van der Waals surface area contributed by atoms with Crippen LogP contribution in [0, 0.1) is 0 Å². The summed E-state index contributed by atoms with van der Waals surface area (Å²) < 4.78 is 0. The second-order valence-electron chi connectivity index (χ2n) is 10.2. The molecule has 0 N–H and O–H groups in total. The fourth-order valence-electron chi connectivity index (χ4n) is 5.06. The first-order valence-corrected chi connectivity index (χ1v) is 15.2. The van der Waals surface area contributed by atoms with E-state index in [1.54, 1.807) is 18.6 Å². The number of aromatic nitrogens is 5. The molecule has 3 aromatic carbocycles. The fourth-order valence-corrected chi connectivity index (χ4v) is 5.88. The van der Waals surface area contributed by atoms with Gasteiger partial charge in [-0.2, -0.15) is 0 Å². The molecular weight excluding hydrogens is 621 g/mol. The fraction of sp³-hybridized carbons (Fsp3) is 0. The third kappa shape index (κ3) is 6.06. The van der Waals surface area contributed by atoms with E-state index in [1.165, 1.54) is 0 Å². The summed E-state index contributed by atoms with van der Waals surface area (Å²) in [6.45, 7) is 0. The highest BCUT2D eigenvalue weighted by molar-refractivity contribution is 6.34. The molecule has 45 heavy (non-hydrogen) atoms. The third-order valence-corrected chi connectivity index (χ3v) is 8.25.